The van der Waals surface area contributed by atoms with Crippen LogP contribution in [0.25, 0.3) is 0 Å². The number of hydrogen-bond acceptors (Lipinski definition) is 4. The van der Waals surface area contributed by atoms with Crippen molar-refractivity contribution in [3.05, 3.63) is 35.4 Å². The fourth-order valence-electron chi connectivity index (χ4n) is 1.78. The molecule has 0 bridgehead atoms. The van der Waals surface area contributed by atoms with Crippen LogP contribution in [0.1, 0.15) is 18.1 Å². The molecule has 0 aliphatic carbocycles. The number of aliphatic carboxylic acids is 1. The lowest BCUT2D eigenvalue weighted by Gasteiger charge is -2.23. The van der Waals surface area contributed by atoms with Gasteiger partial charge in [0, 0.05) is 19.6 Å². The summed E-state index contributed by atoms with van der Waals surface area (Å²) in [6.07, 6.45) is 0. The zero-order chi connectivity index (χ0) is 14.3. The molecule has 1 aromatic rings. The van der Waals surface area contributed by atoms with Crippen molar-refractivity contribution in [2.75, 3.05) is 19.7 Å². The summed E-state index contributed by atoms with van der Waals surface area (Å²) in [6.45, 7) is 3.01. The highest BCUT2D eigenvalue weighted by molar-refractivity contribution is 5.69. The third-order valence-electron chi connectivity index (χ3n) is 2.86. The van der Waals surface area contributed by atoms with Crippen molar-refractivity contribution < 1.29 is 15.0 Å². The van der Waals surface area contributed by atoms with Crippen LogP contribution >= 0.6 is 0 Å². The first kappa shape index (κ1) is 15.2. The molecule has 0 saturated heterocycles. The maximum absolute atomic E-state index is 10.8. The molecule has 1 unspecified atom stereocenters. The van der Waals surface area contributed by atoms with E-state index in [1.807, 2.05) is 23.1 Å². The highest BCUT2D eigenvalue weighted by Crippen LogP contribution is 2.09. The average Bonchev–Trinajstić information content (AvgIpc) is 2.39. The van der Waals surface area contributed by atoms with Gasteiger partial charge >= 0.3 is 5.97 Å². The number of aliphatic hydroxyl groups is 1. The Kier molecular flexibility index (Phi) is 6.00. The molecule has 0 heterocycles. The first-order chi connectivity index (χ1) is 9.06. The number of benzene rings is 1. The molecule has 0 radical (unpaired) electrons. The summed E-state index contributed by atoms with van der Waals surface area (Å²) < 4.78 is 0. The molecular formula is C14H18N2O3. The molecule has 19 heavy (non-hydrogen) atoms. The van der Waals surface area contributed by atoms with Crippen LogP contribution in [-0.2, 0) is 11.3 Å². The Bertz CT molecular complexity index is 451. The van der Waals surface area contributed by atoms with Crippen LogP contribution in [0, 0.1) is 17.2 Å². The van der Waals surface area contributed by atoms with Gasteiger partial charge in [-0.05, 0) is 17.7 Å². The average molecular weight is 262 g/mol. The summed E-state index contributed by atoms with van der Waals surface area (Å²) in [5.41, 5.74) is 1.58. The highest BCUT2D eigenvalue weighted by atomic mass is 16.4. The number of carbonyl (C=O) groups is 1. The van der Waals surface area contributed by atoms with Crippen molar-refractivity contribution in [3.63, 3.8) is 0 Å². The van der Waals surface area contributed by atoms with Crippen LogP contribution in [0.5, 0.6) is 0 Å². The Morgan fingerprint density at radius 1 is 1.42 bits per heavy atom. The van der Waals surface area contributed by atoms with E-state index in [-0.39, 0.29) is 6.61 Å². The lowest BCUT2D eigenvalue weighted by Crippen LogP contribution is -2.33. The van der Waals surface area contributed by atoms with E-state index in [1.165, 1.54) is 0 Å². The quantitative estimate of drug-likeness (QED) is 0.768. The molecule has 0 fully saturated rings. The lowest BCUT2D eigenvalue weighted by molar-refractivity contribution is -0.141. The Morgan fingerprint density at radius 3 is 2.53 bits per heavy atom. The largest absolute Gasteiger partial charge is 0.481 e. The summed E-state index contributed by atoms with van der Waals surface area (Å²) in [5.74, 6) is -1.33. The third-order valence-corrected chi connectivity index (χ3v) is 2.86. The van der Waals surface area contributed by atoms with Gasteiger partial charge in [-0.15, -0.1) is 0 Å². The van der Waals surface area contributed by atoms with Gasteiger partial charge in [0.2, 0.25) is 0 Å². The van der Waals surface area contributed by atoms with Crippen molar-refractivity contribution >= 4 is 5.97 Å². The van der Waals surface area contributed by atoms with Gasteiger partial charge in [0.25, 0.3) is 0 Å². The second-order valence-corrected chi connectivity index (χ2v) is 4.51. The van der Waals surface area contributed by atoms with Gasteiger partial charge in [0.05, 0.1) is 24.2 Å². The molecule has 5 nitrogen and oxygen atoms in total. The SMILES string of the molecule is CC(CN(CCO)Cc1ccc(C#N)cc1)C(=O)O. The molecule has 1 aromatic carbocycles. The molecule has 0 saturated carbocycles. The minimum atomic E-state index is -0.845. The van der Waals surface area contributed by atoms with Crippen molar-refractivity contribution in [1.29, 1.82) is 5.26 Å². The van der Waals surface area contributed by atoms with E-state index in [9.17, 15) is 4.79 Å². The molecule has 1 rings (SSSR count). The zero-order valence-corrected chi connectivity index (χ0v) is 10.9. The van der Waals surface area contributed by atoms with Crippen LogP contribution in [-0.4, -0.2) is 40.8 Å². The zero-order valence-electron chi connectivity index (χ0n) is 10.9. The predicted octanol–water partition coefficient (Wildman–Crippen LogP) is 1.07. The summed E-state index contributed by atoms with van der Waals surface area (Å²) in [7, 11) is 0. The van der Waals surface area contributed by atoms with Gasteiger partial charge in [-0.25, -0.2) is 0 Å². The van der Waals surface area contributed by atoms with Gasteiger partial charge in [-0.3, -0.25) is 9.69 Å². The summed E-state index contributed by atoms with van der Waals surface area (Å²) in [6, 6.07) is 9.19. The molecule has 2 N–H and O–H groups in total. The molecule has 102 valence electrons. The van der Waals surface area contributed by atoms with Crippen molar-refractivity contribution in [3.8, 4) is 6.07 Å². The van der Waals surface area contributed by atoms with Gasteiger partial charge in [0.1, 0.15) is 0 Å². The number of nitriles is 1. The fraction of sp³-hybridized carbons (Fsp3) is 0.429. The highest BCUT2D eigenvalue weighted by Gasteiger charge is 2.16. The van der Waals surface area contributed by atoms with E-state index in [0.29, 0.717) is 25.2 Å². The van der Waals surface area contributed by atoms with Crippen molar-refractivity contribution in [2.24, 2.45) is 5.92 Å². The first-order valence-corrected chi connectivity index (χ1v) is 6.12. The Balaban J connectivity index is 2.66. The molecule has 0 aliphatic heterocycles. The summed E-state index contributed by atoms with van der Waals surface area (Å²) in [4.78, 5) is 12.7. The minimum Gasteiger partial charge on any atom is -0.481 e. The van der Waals surface area contributed by atoms with Gasteiger partial charge < -0.3 is 10.2 Å². The van der Waals surface area contributed by atoms with Crippen LogP contribution in [0.2, 0.25) is 0 Å². The molecule has 0 spiro atoms. The Hall–Kier alpha value is -1.90. The smallest absolute Gasteiger partial charge is 0.307 e. The first-order valence-electron chi connectivity index (χ1n) is 6.12. The maximum atomic E-state index is 10.8. The number of carboxylic acid groups (broad SMARTS) is 1. The van der Waals surface area contributed by atoms with Gasteiger partial charge in [0.15, 0.2) is 0 Å². The molecule has 0 amide bonds. The van der Waals surface area contributed by atoms with Gasteiger partial charge in [-0.2, -0.15) is 5.26 Å². The molecule has 1 atom stereocenters. The van der Waals surface area contributed by atoms with E-state index < -0.39 is 11.9 Å². The standard InChI is InChI=1S/C14H18N2O3/c1-11(14(18)19)9-16(6-7-17)10-13-4-2-12(8-15)3-5-13/h2-5,11,17H,6-7,9-10H2,1H3,(H,18,19). The number of carboxylic acids is 1. The van der Waals surface area contributed by atoms with Crippen LogP contribution in [0.15, 0.2) is 24.3 Å². The second kappa shape index (κ2) is 7.52. The van der Waals surface area contributed by atoms with E-state index in [0.717, 1.165) is 5.56 Å². The van der Waals surface area contributed by atoms with E-state index in [2.05, 4.69) is 0 Å². The lowest BCUT2D eigenvalue weighted by atomic mass is 10.1. The Morgan fingerprint density at radius 2 is 2.05 bits per heavy atom. The van der Waals surface area contributed by atoms with E-state index in [1.54, 1.807) is 19.1 Å². The number of hydrogen-bond donors (Lipinski definition) is 2. The summed E-state index contributed by atoms with van der Waals surface area (Å²) in [5, 5.41) is 26.6. The summed E-state index contributed by atoms with van der Waals surface area (Å²) >= 11 is 0. The second-order valence-electron chi connectivity index (χ2n) is 4.51. The monoisotopic (exact) mass is 262 g/mol. The number of aliphatic hydroxyl groups excluding tert-OH is 1. The number of nitrogens with zero attached hydrogens (tertiary/aromatic N) is 2. The van der Waals surface area contributed by atoms with Crippen LogP contribution in [0.3, 0.4) is 0 Å². The van der Waals surface area contributed by atoms with E-state index >= 15 is 0 Å². The predicted molar refractivity (Wildman–Crippen MR) is 70.3 cm³/mol. The molecule has 5 heteroatoms. The Labute approximate surface area is 112 Å². The third kappa shape index (κ3) is 5.08. The van der Waals surface area contributed by atoms with E-state index in [4.69, 9.17) is 15.5 Å². The fourth-order valence-corrected chi connectivity index (χ4v) is 1.78. The van der Waals surface area contributed by atoms with Gasteiger partial charge in [-0.1, -0.05) is 19.1 Å². The maximum Gasteiger partial charge on any atom is 0.307 e. The van der Waals surface area contributed by atoms with Crippen LogP contribution < -0.4 is 0 Å². The normalized spacial score (nSPS) is 12.1. The van der Waals surface area contributed by atoms with Crippen LogP contribution in [0.4, 0.5) is 0 Å². The number of rotatable bonds is 7. The van der Waals surface area contributed by atoms with Crippen molar-refractivity contribution in [2.45, 2.75) is 13.5 Å². The molecular weight excluding hydrogens is 244 g/mol. The molecule has 0 aliphatic rings. The topological polar surface area (TPSA) is 84.6 Å². The van der Waals surface area contributed by atoms with Crippen molar-refractivity contribution in [1.82, 2.24) is 4.90 Å². The minimum absolute atomic E-state index is 0.0113. The molecule has 0 aromatic heterocycles.